The molecule has 2 rings (SSSR count). The molecule has 1 amide bonds. The molecule has 1 fully saturated rings. The van der Waals surface area contributed by atoms with Crippen molar-refractivity contribution in [2.75, 3.05) is 13.1 Å². The summed E-state index contributed by atoms with van der Waals surface area (Å²) in [5.41, 5.74) is -1.21. The number of halogens is 2. The molecule has 1 saturated heterocycles. The Kier molecular flexibility index (Phi) is 7.63. The molecular weight excluding hydrogens is 423 g/mol. The molecule has 170 valence electrons. The standard InChI is InChI=1S/C22H36ClFN2O3Si/c1-20(2,3)18(29-30(7)8)17-16(23)13-15(14-25-17)22(24)9-11-26(12-10-22)19(27)28-21(4,5)6/h13-14,18,30H,9-12H2,1-8H3. The van der Waals surface area contributed by atoms with Crippen LogP contribution in [0.3, 0.4) is 0 Å². The fourth-order valence-electron chi connectivity index (χ4n) is 3.50. The Balaban J connectivity index is 2.17. The van der Waals surface area contributed by atoms with E-state index >= 15 is 4.39 Å². The third-order valence-electron chi connectivity index (χ3n) is 5.04. The first kappa shape index (κ1) is 25.1. The molecule has 1 aliphatic heterocycles. The lowest BCUT2D eigenvalue weighted by Gasteiger charge is -2.37. The summed E-state index contributed by atoms with van der Waals surface area (Å²) in [4.78, 5) is 18.4. The monoisotopic (exact) mass is 458 g/mol. The lowest BCUT2D eigenvalue weighted by molar-refractivity contribution is 0.00209. The number of carbonyl (C=O) groups excluding carboxylic acids is 1. The maximum atomic E-state index is 15.7. The zero-order valence-electron chi connectivity index (χ0n) is 19.5. The number of likely N-dealkylation sites (tertiary alicyclic amines) is 1. The molecule has 30 heavy (non-hydrogen) atoms. The Hall–Kier alpha value is -1.18. The molecule has 0 radical (unpaired) electrons. The molecule has 0 aliphatic carbocycles. The molecule has 1 unspecified atom stereocenters. The van der Waals surface area contributed by atoms with E-state index in [0.717, 1.165) is 0 Å². The van der Waals surface area contributed by atoms with Crippen molar-refractivity contribution in [2.24, 2.45) is 5.41 Å². The molecule has 0 saturated carbocycles. The van der Waals surface area contributed by atoms with Gasteiger partial charge in [-0.2, -0.15) is 0 Å². The number of carbonyl (C=O) groups is 1. The van der Waals surface area contributed by atoms with Gasteiger partial charge in [0.25, 0.3) is 0 Å². The van der Waals surface area contributed by atoms with Crippen LogP contribution in [0.5, 0.6) is 0 Å². The van der Waals surface area contributed by atoms with Crippen molar-refractivity contribution in [1.29, 1.82) is 0 Å². The summed E-state index contributed by atoms with van der Waals surface area (Å²) in [6.45, 7) is 16.5. The Morgan fingerprint density at radius 2 is 1.80 bits per heavy atom. The van der Waals surface area contributed by atoms with Crippen LogP contribution < -0.4 is 0 Å². The van der Waals surface area contributed by atoms with Crippen molar-refractivity contribution in [1.82, 2.24) is 9.88 Å². The van der Waals surface area contributed by atoms with Gasteiger partial charge in [-0.1, -0.05) is 32.4 Å². The maximum Gasteiger partial charge on any atom is 0.410 e. The minimum Gasteiger partial charge on any atom is -0.444 e. The number of pyridine rings is 1. The molecule has 0 N–H and O–H groups in total. The van der Waals surface area contributed by atoms with E-state index in [1.54, 1.807) is 17.2 Å². The van der Waals surface area contributed by atoms with E-state index in [9.17, 15) is 4.79 Å². The van der Waals surface area contributed by atoms with Crippen LogP contribution in [0.15, 0.2) is 12.3 Å². The summed E-state index contributed by atoms with van der Waals surface area (Å²) in [7, 11) is -1.33. The molecule has 1 atom stereocenters. The number of hydrogen-bond acceptors (Lipinski definition) is 4. The van der Waals surface area contributed by atoms with Gasteiger partial charge >= 0.3 is 6.09 Å². The summed E-state index contributed by atoms with van der Waals surface area (Å²) in [6, 6.07) is 1.68. The van der Waals surface area contributed by atoms with Crippen molar-refractivity contribution >= 4 is 26.7 Å². The average Bonchev–Trinajstić information content (AvgIpc) is 2.58. The van der Waals surface area contributed by atoms with E-state index in [4.69, 9.17) is 20.8 Å². The van der Waals surface area contributed by atoms with Crippen LogP contribution in [0.2, 0.25) is 18.1 Å². The summed E-state index contributed by atoms with van der Waals surface area (Å²) >= 11 is 6.57. The Labute approximate surface area is 187 Å². The van der Waals surface area contributed by atoms with Gasteiger partial charge < -0.3 is 14.1 Å². The van der Waals surface area contributed by atoms with Crippen LogP contribution in [-0.2, 0) is 14.8 Å². The van der Waals surface area contributed by atoms with E-state index in [2.05, 4.69) is 38.8 Å². The van der Waals surface area contributed by atoms with Gasteiger partial charge in [-0.3, -0.25) is 4.98 Å². The molecule has 0 aromatic carbocycles. The van der Waals surface area contributed by atoms with Gasteiger partial charge in [0.2, 0.25) is 0 Å². The smallest absolute Gasteiger partial charge is 0.410 e. The highest BCUT2D eigenvalue weighted by Crippen LogP contribution is 2.42. The van der Waals surface area contributed by atoms with E-state index in [-0.39, 0.29) is 37.5 Å². The predicted octanol–water partition coefficient (Wildman–Crippen LogP) is 6.02. The van der Waals surface area contributed by atoms with Crippen molar-refractivity contribution < 1.29 is 18.3 Å². The molecule has 0 spiro atoms. The zero-order valence-corrected chi connectivity index (χ0v) is 21.4. The van der Waals surface area contributed by atoms with Crippen LogP contribution in [0, 0.1) is 5.41 Å². The summed E-state index contributed by atoms with van der Waals surface area (Å²) in [6.07, 6.45) is 1.30. The molecule has 0 bridgehead atoms. The van der Waals surface area contributed by atoms with E-state index in [1.807, 2.05) is 20.8 Å². The highest BCUT2D eigenvalue weighted by Gasteiger charge is 2.40. The first-order chi connectivity index (χ1) is 13.6. The normalized spacial score (nSPS) is 18.4. The molecule has 1 aromatic heterocycles. The van der Waals surface area contributed by atoms with Crippen LogP contribution in [0.1, 0.15) is 71.7 Å². The van der Waals surface area contributed by atoms with Gasteiger partial charge in [0, 0.05) is 37.7 Å². The van der Waals surface area contributed by atoms with Crippen LogP contribution in [-0.4, -0.2) is 43.7 Å². The predicted molar refractivity (Wildman–Crippen MR) is 121 cm³/mol. The van der Waals surface area contributed by atoms with Crippen molar-refractivity contribution in [3.8, 4) is 0 Å². The number of amides is 1. The number of alkyl halides is 1. The zero-order chi connectivity index (χ0) is 22.9. The summed E-state index contributed by atoms with van der Waals surface area (Å²) in [5.74, 6) is 0. The second-order valence-corrected chi connectivity index (χ2v) is 13.2. The number of nitrogens with zero attached hydrogens (tertiary/aromatic N) is 2. The van der Waals surface area contributed by atoms with Gasteiger partial charge in [-0.05, 0) is 45.3 Å². The molecule has 8 heteroatoms. The van der Waals surface area contributed by atoms with Crippen molar-refractivity contribution in [3.05, 3.63) is 28.5 Å². The first-order valence-electron chi connectivity index (χ1n) is 10.6. The minimum absolute atomic E-state index is 0.179. The van der Waals surface area contributed by atoms with Gasteiger partial charge in [-0.15, -0.1) is 0 Å². The number of piperidine rings is 1. The summed E-state index contributed by atoms with van der Waals surface area (Å²) in [5, 5.41) is 0.425. The number of ether oxygens (including phenoxy) is 1. The van der Waals surface area contributed by atoms with E-state index in [0.29, 0.717) is 16.3 Å². The fourth-order valence-corrected chi connectivity index (χ4v) is 4.84. The van der Waals surface area contributed by atoms with Crippen LogP contribution in [0.4, 0.5) is 9.18 Å². The fraction of sp³-hybridized carbons (Fsp3) is 0.727. The molecule has 1 aliphatic rings. The van der Waals surface area contributed by atoms with Gasteiger partial charge in [-0.25, -0.2) is 9.18 Å². The Bertz CT molecular complexity index is 754. The SMILES string of the molecule is C[SiH](C)OC(c1ncc(C2(F)CCN(C(=O)OC(C)(C)C)CC2)cc1Cl)C(C)(C)C. The van der Waals surface area contributed by atoms with E-state index < -0.39 is 26.4 Å². The largest absolute Gasteiger partial charge is 0.444 e. The second-order valence-electron chi connectivity index (χ2n) is 10.5. The number of rotatable bonds is 4. The first-order valence-corrected chi connectivity index (χ1v) is 13.8. The Morgan fingerprint density at radius 3 is 2.23 bits per heavy atom. The van der Waals surface area contributed by atoms with Gasteiger partial charge in [0.05, 0.1) is 16.8 Å². The third kappa shape index (κ3) is 6.41. The van der Waals surface area contributed by atoms with Gasteiger partial charge in [0.15, 0.2) is 9.04 Å². The third-order valence-corrected chi connectivity index (χ3v) is 6.16. The average molecular weight is 459 g/mol. The Morgan fingerprint density at radius 1 is 1.23 bits per heavy atom. The van der Waals surface area contributed by atoms with Crippen LogP contribution in [0.25, 0.3) is 0 Å². The van der Waals surface area contributed by atoms with Crippen molar-refractivity contribution in [3.63, 3.8) is 0 Å². The van der Waals surface area contributed by atoms with Gasteiger partial charge in [0.1, 0.15) is 11.3 Å². The molecule has 5 nitrogen and oxygen atoms in total. The lowest BCUT2D eigenvalue weighted by atomic mass is 9.85. The highest BCUT2D eigenvalue weighted by molar-refractivity contribution is 6.48. The topological polar surface area (TPSA) is 51.7 Å². The van der Waals surface area contributed by atoms with Crippen LogP contribution >= 0.6 is 11.6 Å². The second kappa shape index (κ2) is 9.13. The maximum absolute atomic E-state index is 15.7. The van der Waals surface area contributed by atoms with Crippen molar-refractivity contribution in [2.45, 2.75) is 84.9 Å². The number of hydrogen-bond donors (Lipinski definition) is 0. The quantitative estimate of drug-likeness (QED) is 0.518. The van der Waals surface area contributed by atoms with E-state index in [1.165, 1.54) is 0 Å². The molecule has 1 aromatic rings. The number of aromatic nitrogens is 1. The molecular formula is C22H36ClFN2O3Si. The summed E-state index contributed by atoms with van der Waals surface area (Å²) < 4.78 is 27.3. The lowest BCUT2D eigenvalue weighted by Crippen LogP contribution is -2.45. The highest BCUT2D eigenvalue weighted by atomic mass is 35.5. The minimum atomic E-state index is -1.57. The molecule has 2 heterocycles.